The maximum absolute atomic E-state index is 11.5. The maximum atomic E-state index is 11.5. The largest absolute Gasteiger partial charge is 0.462 e. The van der Waals surface area contributed by atoms with E-state index in [1.807, 2.05) is 13.8 Å². The molecule has 23 heavy (non-hydrogen) atoms. The second kappa shape index (κ2) is 7.42. The molecule has 1 N–H and O–H groups in total. The molecule has 0 aromatic heterocycles. The van der Waals surface area contributed by atoms with Gasteiger partial charge in [-0.3, -0.25) is 4.79 Å². The Kier molecular flexibility index (Phi) is 5.99. The van der Waals surface area contributed by atoms with Gasteiger partial charge >= 0.3 is 5.97 Å². The quantitative estimate of drug-likeness (QED) is 0.244. The number of methoxy groups -OCH3 is 1. The molecule has 0 radical (unpaired) electrons. The number of rotatable bonds is 7. The molecule has 2 heterocycles. The van der Waals surface area contributed by atoms with E-state index in [1.54, 1.807) is 6.92 Å². The van der Waals surface area contributed by atoms with Crippen molar-refractivity contribution in [1.82, 2.24) is 0 Å². The van der Waals surface area contributed by atoms with E-state index >= 15 is 0 Å². The molecule has 7 atom stereocenters. The normalized spacial score (nSPS) is 41.4. The van der Waals surface area contributed by atoms with E-state index in [0.717, 1.165) is 0 Å². The van der Waals surface area contributed by atoms with Gasteiger partial charge in [-0.25, -0.2) is 10.1 Å². The summed E-state index contributed by atoms with van der Waals surface area (Å²) in [6.45, 7) is 7.69. The van der Waals surface area contributed by atoms with E-state index in [0.29, 0.717) is 13.2 Å². The van der Waals surface area contributed by atoms with Crippen molar-refractivity contribution in [2.45, 2.75) is 58.1 Å². The second-order valence-corrected chi connectivity index (χ2v) is 5.98. The lowest BCUT2D eigenvalue weighted by molar-refractivity contribution is -0.417. The van der Waals surface area contributed by atoms with Crippen molar-refractivity contribution in [3.05, 3.63) is 0 Å². The van der Waals surface area contributed by atoms with Gasteiger partial charge in [-0.1, -0.05) is 13.8 Å². The molecule has 8 nitrogen and oxygen atoms in total. The fourth-order valence-electron chi connectivity index (χ4n) is 3.37. The van der Waals surface area contributed by atoms with Crippen LogP contribution in [0.4, 0.5) is 0 Å². The summed E-state index contributed by atoms with van der Waals surface area (Å²) in [6.07, 6.45) is -2.47. The lowest BCUT2D eigenvalue weighted by Gasteiger charge is -2.50. The van der Waals surface area contributed by atoms with Crippen molar-refractivity contribution >= 4 is 5.97 Å². The van der Waals surface area contributed by atoms with Crippen LogP contribution in [0.1, 0.15) is 27.7 Å². The average molecular weight is 334 g/mol. The predicted molar refractivity (Wildman–Crippen MR) is 77.4 cm³/mol. The summed E-state index contributed by atoms with van der Waals surface area (Å²) in [6, 6.07) is 0. The highest BCUT2D eigenvalue weighted by Crippen LogP contribution is 2.46. The van der Waals surface area contributed by atoms with Crippen molar-refractivity contribution in [1.29, 1.82) is 0 Å². The van der Waals surface area contributed by atoms with Crippen LogP contribution in [0.3, 0.4) is 0 Å². The number of carbonyl (C=O) groups excluding carboxylic acids is 1. The Balaban J connectivity index is 2.33. The third kappa shape index (κ3) is 3.52. The van der Waals surface area contributed by atoms with Crippen LogP contribution in [0.15, 0.2) is 0 Å². The topological polar surface area (TPSA) is 96.0 Å². The number of carbonyl (C=O) groups is 1. The van der Waals surface area contributed by atoms with Gasteiger partial charge in [0.15, 0.2) is 0 Å². The smallest absolute Gasteiger partial charge is 0.302 e. The zero-order valence-corrected chi connectivity index (χ0v) is 14.2. The van der Waals surface area contributed by atoms with Crippen LogP contribution in [-0.2, 0) is 33.4 Å². The van der Waals surface area contributed by atoms with Gasteiger partial charge in [0.05, 0.1) is 12.5 Å². The van der Waals surface area contributed by atoms with Gasteiger partial charge in [0, 0.05) is 26.6 Å². The van der Waals surface area contributed by atoms with E-state index in [-0.39, 0.29) is 17.9 Å². The van der Waals surface area contributed by atoms with E-state index < -0.39 is 30.3 Å². The zero-order chi connectivity index (χ0) is 17.2. The Morgan fingerprint density at radius 1 is 1.43 bits per heavy atom. The first-order valence-corrected chi connectivity index (χ1v) is 7.84. The average Bonchev–Trinajstić information content (AvgIpc) is 3.35. The molecule has 2 saturated heterocycles. The molecule has 2 aliphatic rings. The molecule has 134 valence electrons. The minimum atomic E-state index is -1.09. The highest BCUT2D eigenvalue weighted by Gasteiger charge is 2.62. The fraction of sp³-hybridized carbons (Fsp3) is 0.933. The van der Waals surface area contributed by atoms with Gasteiger partial charge in [0.25, 0.3) is 0 Å². The van der Waals surface area contributed by atoms with Crippen LogP contribution in [0.5, 0.6) is 0 Å². The fourth-order valence-corrected chi connectivity index (χ4v) is 3.37. The van der Waals surface area contributed by atoms with Crippen molar-refractivity contribution in [3.63, 3.8) is 0 Å². The van der Waals surface area contributed by atoms with Gasteiger partial charge in [-0.05, 0) is 6.92 Å². The summed E-state index contributed by atoms with van der Waals surface area (Å²) < 4.78 is 28.1. The molecule has 0 amide bonds. The summed E-state index contributed by atoms with van der Waals surface area (Å²) in [4.78, 5) is 16.0. The van der Waals surface area contributed by atoms with Gasteiger partial charge in [0.2, 0.25) is 12.1 Å². The maximum Gasteiger partial charge on any atom is 0.302 e. The van der Waals surface area contributed by atoms with Crippen molar-refractivity contribution in [2.75, 3.05) is 20.3 Å². The molecule has 2 fully saturated rings. The van der Waals surface area contributed by atoms with Gasteiger partial charge in [-0.2, -0.15) is 0 Å². The molecule has 0 aromatic carbocycles. The molecular weight excluding hydrogens is 308 g/mol. The summed E-state index contributed by atoms with van der Waals surface area (Å²) in [5.74, 6) is -2.03. The van der Waals surface area contributed by atoms with Crippen LogP contribution in [-0.4, -0.2) is 61.9 Å². The molecule has 2 aliphatic heterocycles. The van der Waals surface area contributed by atoms with Gasteiger partial charge < -0.3 is 23.7 Å². The molecule has 0 aliphatic carbocycles. The van der Waals surface area contributed by atoms with Crippen LogP contribution < -0.4 is 0 Å². The van der Waals surface area contributed by atoms with Crippen LogP contribution in [0.25, 0.3) is 0 Å². The summed E-state index contributed by atoms with van der Waals surface area (Å²) in [5, 5.41) is 9.17. The number of hydrogen-bond acceptors (Lipinski definition) is 8. The minimum Gasteiger partial charge on any atom is -0.462 e. The molecule has 2 rings (SSSR count). The molecule has 0 aromatic rings. The second-order valence-electron chi connectivity index (χ2n) is 5.98. The van der Waals surface area contributed by atoms with Crippen molar-refractivity contribution in [3.8, 4) is 0 Å². The summed E-state index contributed by atoms with van der Waals surface area (Å²) in [5.41, 5.74) is 0. The predicted octanol–water partition coefficient (Wildman–Crippen LogP) is 1.18. The van der Waals surface area contributed by atoms with Crippen LogP contribution >= 0.6 is 0 Å². The molecule has 0 bridgehead atoms. The van der Waals surface area contributed by atoms with Crippen LogP contribution in [0, 0.1) is 11.8 Å². The minimum absolute atomic E-state index is 0.267. The first-order valence-electron chi connectivity index (χ1n) is 7.84. The van der Waals surface area contributed by atoms with Crippen LogP contribution in [0.2, 0.25) is 0 Å². The SMILES string of the molecule is CCO[C@@H](OO)[C@H]1O[C@@](OC)([C@@H]2CO2)[C@@H](C)[C@@H](OC(C)=O)[C@H]1C. The van der Waals surface area contributed by atoms with Crippen molar-refractivity contribution < 1.29 is 38.6 Å². The van der Waals surface area contributed by atoms with E-state index in [4.69, 9.17) is 23.7 Å². The van der Waals surface area contributed by atoms with Gasteiger partial charge in [-0.15, -0.1) is 0 Å². The third-order valence-electron chi connectivity index (χ3n) is 4.59. The Morgan fingerprint density at radius 2 is 2.09 bits per heavy atom. The monoisotopic (exact) mass is 334 g/mol. The Bertz CT molecular complexity index is 412. The van der Waals surface area contributed by atoms with E-state index in [1.165, 1.54) is 14.0 Å². The molecule has 8 heteroatoms. The first kappa shape index (κ1) is 18.6. The highest BCUT2D eigenvalue weighted by atomic mass is 17.1. The summed E-state index contributed by atoms with van der Waals surface area (Å²) in [7, 11) is 1.52. The summed E-state index contributed by atoms with van der Waals surface area (Å²) >= 11 is 0. The standard InChI is InChI=1S/C15H26O8/c1-6-19-14(23-17)13-8(2)12(21-10(4)16)9(3)15(18-5,22-13)11-7-20-11/h8-9,11-14,17H,6-7H2,1-5H3/t8-,9+,11+,12+,13+,14+,15-/m1/s1. The number of ether oxygens (including phenoxy) is 5. The van der Waals surface area contributed by atoms with Crippen molar-refractivity contribution in [2.24, 2.45) is 11.8 Å². The van der Waals surface area contributed by atoms with Gasteiger partial charge in [0.1, 0.15) is 18.3 Å². The van der Waals surface area contributed by atoms with E-state index in [9.17, 15) is 10.1 Å². The zero-order valence-electron chi connectivity index (χ0n) is 14.2. The molecule has 0 spiro atoms. The number of epoxide rings is 1. The van der Waals surface area contributed by atoms with E-state index in [2.05, 4.69) is 4.89 Å². The Hall–Kier alpha value is -0.770. The lowest BCUT2D eigenvalue weighted by atomic mass is 9.79. The molecule has 0 saturated carbocycles. The third-order valence-corrected chi connectivity index (χ3v) is 4.59. The number of esters is 1. The molecule has 0 unspecified atom stereocenters. The first-order chi connectivity index (χ1) is 10.9. The molecular formula is C15H26O8. The number of hydrogen-bond donors (Lipinski definition) is 1. The Morgan fingerprint density at radius 3 is 2.52 bits per heavy atom. The highest BCUT2D eigenvalue weighted by molar-refractivity contribution is 5.66. The Labute approximate surface area is 135 Å². The lowest BCUT2D eigenvalue weighted by Crippen LogP contribution is -2.64.